The van der Waals surface area contributed by atoms with Crippen LogP contribution in [-0.4, -0.2) is 94.2 Å². The molecule has 0 spiro atoms. The summed E-state index contributed by atoms with van der Waals surface area (Å²) < 4.78 is 21.3. The standard InChI is InChI=1S/2C9H18O3.2C9H16O.4CO2/c2*1-4-6-9(3,5-2)7(10)8(11)12-6;2*1-4-8-9(3,5-2)6-7-10-8;4*2-1-3/h2*6-8,10-11H,4-5H2,1-3H3;2*6-8H,4-5H2,1-3H3;;;;/t2*6?,7-,8?,9-;2*8?,9-;;;;/m1010..../s1. The molecule has 4 aliphatic heterocycles. The van der Waals surface area contributed by atoms with E-state index in [-0.39, 0.29) is 47.6 Å². The van der Waals surface area contributed by atoms with E-state index in [2.05, 4.69) is 53.7 Å². The predicted molar refractivity (Wildman–Crippen MR) is 197 cm³/mol. The van der Waals surface area contributed by atoms with Crippen LogP contribution < -0.4 is 0 Å². The lowest BCUT2D eigenvalue weighted by Crippen LogP contribution is -2.37. The van der Waals surface area contributed by atoms with Gasteiger partial charge in [0.15, 0.2) is 12.6 Å². The third-order valence-electron chi connectivity index (χ3n) is 11.4. The molecule has 6 unspecified atom stereocenters. The van der Waals surface area contributed by atoms with Gasteiger partial charge in [0.25, 0.3) is 0 Å². The molecular formula is C40H68O16. The molecule has 4 rings (SSSR count). The van der Waals surface area contributed by atoms with Gasteiger partial charge in [0.2, 0.25) is 0 Å². The van der Waals surface area contributed by atoms with E-state index < -0.39 is 24.8 Å². The fourth-order valence-electron chi connectivity index (χ4n) is 6.75. The van der Waals surface area contributed by atoms with Crippen LogP contribution in [0.25, 0.3) is 0 Å². The topological polar surface area (TPSA) is 254 Å². The molecule has 4 heterocycles. The highest BCUT2D eigenvalue weighted by atomic mass is 16.6. The summed E-state index contributed by atoms with van der Waals surface area (Å²) in [5.74, 6) is 0. The summed E-state index contributed by atoms with van der Waals surface area (Å²) in [6, 6.07) is 0. The lowest BCUT2D eigenvalue weighted by atomic mass is 9.77. The molecule has 16 heteroatoms. The molecule has 12 atom stereocenters. The first-order valence-electron chi connectivity index (χ1n) is 18.9. The summed E-state index contributed by atoms with van der Waals surface area (Å²) in [6.45, 7) is 25.2. The summed E-state index contributed by atoms with van der Waals surface area (Å²) in [4.78, 5) is 65.0. The van der Waals surface area contributed by atoms with E-state index in [1.807, 2.05) is 54.1 Å². The maximum absolute atomic E-state index is 9.64. The van der Waals surface area contributed by atoms with E-state index >= 15 is 0 Å². The summed E-state index contributed by atoms with van der Waals surface area (Å²) >= 11 is 0. The van der Waals surface area contributed by atoms with Crippen molar-refractivity contribution in [3.8, 4) is 0 Å². The van der Waals surface area contributed by atoms with Crippen LogP contribution >= 0.6 is 0 Å². The Morgan fingerprint density at radius 1 is 0.446 bits per heavy atom. The number of hydrogen-bond acceptors (Lipinski definition) is 16. The zero-order valence-corrected chi connectivity index (χ0v) is 35.3. The van der Waals surface area contributed by atoms with Gasteiger partial charge < -0.3 is 39.4 Å². The van der Waals surface area contributed by atoms with Gasteiger partial charge in [-0.3, -0.25) is 0 Å². The van der Waals surface area contributed by atoms with Gasteiger partial charge in [-0.1, -0.05) is 83.1 Å². The molecule has 56 heavy (non-hydrogen) atoms. The van der Waals surface area contributed by atoms with E-state index in [4.69, 9.17) is 57.3 Å². The van der Waals surface area contributed by atoms with Crippen LogP contribution in [0.1, 0.15) is 134 Å². The average molecular weight is 805 g/mol. The van der Waals surface area contributed by atoms with E-state index in [1.54, 1.807) is 0 Å². The van der Waals surface area contributed by atoms with Gasteiger partial charge in [0, 0.05) is 21.7 Å². The Morgan fingerprint density at radius 2 is 0.679 bits per heavy atom. The molecule has 0 aromatic carbocycles. The first-order chi connectivity index (χ1) is 26.2. The van der Waals surface area contributed by atoms with Gasteiger partial charge in [-0.05, 0) is 63.5 Å². The number of carbonyl (C=O) groups excluding carboxylic acids is 8. The fraction of sp³-hybridized carbons (Fsp3) is 0.800. The Morgan fingerprint density at radius 3 is 0.821 bits per heavy atom. The minimum Gasteiger partial charge on any atom is -0.497 e. The lowest BCUT2D eigenvalue weighted by Gasteiger charge is -2.30. The largest absolute Gasteiger partial charge is 0.497 e. The van der Waals surface area contributed by atoms with E-state index in [0.29, 0.717) is 23.0 Å². The van der Waals surface area contributed by atoms with Gasteiger partial charge in [-0.2, -0.15) is 38.4 Å². The molecule has 0 aliphatic carbocycles. The highest BCUT2D eigenvalue weighted by Gasteiger charge is 2.51. The molecule has 0 amide bonds. The summed E-state index contributed by atoms with van der Waals surface area (Å²) in [5, 5.41) is 37.9. The molecule has 324 valence electrons. The first-order valence-corrected chi connectivity index (χ1v) is 18.9. The third-order valence-corrected chi connectivity index (χ3v) is 11.4. The second-order valence-electron chi connectivity index (χ2n) is 14.2. The average Bonchev–Trinajstić information content (AvgIpc) is 3.89. The third kappa shape index (κ3) is 18.1. The highest BCUT2D eigenvalue weighted by Crippen LogP contribution is 2.43. The smallest absolute Gasteiger partial charge is 0.373 e. The normalized spacial score (nSPS) is 34.9. The second-order valence-corrected chi connectivity index (χ2v) is 14.2. The summed E-state index contributed by atoms with van der Waals surface area (Å²) in [5.41, 5.74) is 0.0336. The quantitative estimate of drug-likeness (QED) is 0.255. The van der Waals surface area contributed by atoms with Crippen LogP contribution in [0.4, 0.5) is 0 Å². The Kier molecular flexibility index (Phi) is 33.2. The van der Waals surface area contributed by atoms with Crippen LogP contribution in [0.3, 0.4) is 0 Å². The first kappa shape index (κ1) is 59.1. The molecule has 0 radical (unpaired) electrons. The monoisotopic (exact) mass is 804 g/mol. The maximum Gasteiger partial charge on any atom is 0.373 e. The minimum atomic E-state index is -1.00. The molecule has 0 bridgehead atoms. The number of rotatable bonds is 8. The van der Waals surface area contributed by atoms with Crippen LogP contribution in [0.15, 0.2) is 24.7 Å². The molecule has 0 aromatic heterocycles. The molecule has 16 nitrogen and oxygen atoms in total. The molecule has 4 N–H and O–H groups in total. The molecule has 2 fully saturated rings. The lowest BCUT2D eigenvalue weighted by molar-refractivity contribution is -0.193. The van der Waals surface area contributed by atoms with Crippen molar-refractivity contribution in [3.63, 3.8) is 0 Å². The zero-order valence-electron chi connectivity index (χ0n) is 35.3. The van der Waals surface area contributed by atoms with Gasteiger partial charge in [-0.25, -0.2) is 0 Å². The van der Waals surface area contributed by atoms with Gasteiger partial charge in [0.05, 0.1) is 24.7 Å². The number of hydrogen-bond donors (Lipinski definition) is 4. The van der Waals surface area contributed by atoms with Gasteiger partial charge >= 0.3 is 24.6 Å². The van der Waals surface area contributed by atoms with Crippen LogP contribution in [-0.2, 0) is 57.3 Å². The molecule has 4 aliphatic rings. The second kappa shape index (κ2) is 31.4. The van der Waals surface area contributed by atoms with Crippen molar-refractivity contribution in [2.24, 2.45) is 21.7 Å². The Bertz CT molecular complexity index is 1110. The Hall–Kier alpha value is -3.64. The molecule has 2 saturated heterocycles. The Balaban J connectivity index is -0.000000294. The SMILES string of the molecule is CCC1OC(O)[C@@H](O)[C@]1(C)CC.CCC1OC(O)[C@H](O)[C@@]1(C)CC.CCC1OC=C[C@@]1(C)CC.CCC1OC=C[C@]1(C)CC.O=C=O.O=C=O.O=C=O.O=C=O. The van der Waals surface area contributed by atoms with Crippen molar-refractivity contribution in [1.29, 1.82) is 0 Å². The van der Waals surface area contributed by atoms with Gasteiger partial charge in [-0.15, -0.1) is 0 Å². The number of ether oxygens (including phenoxy) is 4. The van der Waals surface area contributed by atoms with Crippen molar-refractivity contribution < 1.29 is 77.7 Å². The maximum atomic E-state index is 9.64. The van der Waals surface area contributed by atoms with Crippen molar-refractivity contribution in [1.82, 2.24) is 0 Å². The van der Waals surface area contributed by atoms with Gasteiger partial charge in [0.1, 0.15) is 24.4 Å². The number of aliphatic hydroxyl groups is 4. The van der Waals surface area contributed by atoms with Crippen LogP contribution in [0, 0.1) is 21.7 Å². The van der Waals surface area contributed by atoms with E-state index in [1.165, 1.54) is 12.8 Å². The molecule has 0 aromatic rings. The van der Waals surface area contributed by atoms with Crippen molar-refractivity contribution >= 4 is 24.6 Å². The van der Waals surface area contributed by atoms with Crippen LogP contribution in [0.5, 0.6) is 0 Å². The van der Waals surface area contributed by atoms with Crippen molar-refractivity contribution in [2.75, 3.05) is 0 Å². The van der Waals surface area contributed by atoms with Crippen molar-refractivity contribution in [3.05, 3.63) is 24.7 Å². The minimum absolute atomic E-state index is 0.0208. The van der Waals surface area contributed by atoms with Crippen LogP contribution in [0.2, 0.25) is 0 Å². The van der Waals surface area contributed by atoms with E-state index in [0.717, 1.165) is 38.5 Å². The van der Waals surface area contributed by atoms with E-state index in [9.17, 15) is 20.4 Å². The fourth-order valence-corrected chi connectivity index (χ4v) is 6.75. The molecular weight excluding hydrogens is 736 g/mol. The van der Waals surface area contributed by atoms with Crippen molar-refractivity contribution in [2.45, 2.75) is 184 Å². The Labute approximate surface area is 332 Å². The highest BCUT2D eigenvalue weighted by molar-refractivity contribution is 5.21. The predicted octanol–water partition coefficient (Wildman–Crippen LogP) is 4.90. The number of aliphatic hydroxyl groups excluding tert-OH is 4. The zero-order chi connectivity index (χ0) is 44.8. The molecule has 0 saturated carbocycles. The summed E-state index contributed by atoms with van der Waals surface area (Å²) in [6.07, 6.45) is 14.2. The summed E-state index contributed by atoms with van der Waals surface area (Å²) in [7, 11) is 0.